The monoisotopic (exact) mass is 246 g/mol. The normalized spacial score (nSPS) is 12.6. The van der Waals surface area contributed by atoms with Crippen molar-refractivity contribution in [2.75, 3.05) is 0 Å². The van der Waals surface area contributed by atoms with Gasteiger partial charge in [-0.1, -0.05) is 6.92 Å². The van der Waals surface area contributed by atoms with E-state index in [0.29, 0.717) is 5.88 Å². The van der Waals surface area contributed by atoms with Gasteiger partial charge in [-0.05, 0) is 42.3 Å². The molecule has 0 saturated carbocycles. The molecule has 0 bridgehead atoms. The highest BCUT2D eigenvalue weighted by atomic mass is 79.9. The number of rotatable bonds is 3. The Kier molecular flexibility index (Phi) is 3.72. The molecular weight excluding hydrogens is 230 g/mol. The first-order chi connectivity index (χ1) is 6.13. The molecule has 74 valence electrons. The van der Waals surface area contributed by atoms with Crippen LogP contribution in [-0.4, -0.2) is 11.1 Å². The number of hydrogen-bond donors (Lipinski definition) is 0. The second kappa shape index (κ2) is 4.61. The molecule has 1 atom stereocenters. The van der Waals surface area contributed by atoms with Crippen molar-refractivity contribution >= 4 is 15.9 Å². The van der Waals surface area contributed by atoms with Crippen molar-refractivity contribution in [1.29, 1.82) is 0 Å². The maximum absolute atomic E-state index is 5.57. The average molecular weight is 247 g/mol. The summed E-state index contributed by atoms with van der Waals surface area (Å²) in [6.45, 7) is 6.09. The Labute approximate surface area is 88.9 Å². The van der Waals surface area contributed by atoms with Gasteiger partial charge in [-0.2, -0.15) is 0 Å². The molecule has 3 heteroatoms. The van der Waals surface area contributed by atoms with Gasteiger partial charge in [0.25, 0.3) is 0 Å². The molecule has 0 aliphatic heterocycles. The van der Waals surface area contributed by atoms with Gasteiger partial charge in [0.2, 0.25) is 5.88 Å². The van der Waals surface area contributed by atoms with Crippen LogP contribution >= 0.6 is 15.9 Å². The first kappa shape index (κ1) is 10.5. The predicted octanol–water partition coefficient (Wildman–Crippen LogP) is 3.58. The van der Waals surface area contributed by atoms with Crippen LogP contribution in [0.25, 0.3) is 0 Å². The van der Waals surface area contributed by atoms with E-state index in [9.17, 15) is 0 Å². The maximum Gasteiger partial charge on any atom is 0.213 e. The summed E-state index contributed by atoms with van der Waals surface area (Å²) in [7, 11) is 0. The molecule has 2 nitrogen and oxygen atoms in total. The summed E-state index contributed by atoms with van der Waals surface area (Å²) in [6, 6.07) is 3.84. The van der Waals surface area contributed by atoms with Gasteiger partial charge in [-0.15, -0.1) is 0 Å². The molecule has 0 spiro atoms. The number of ether oxygens (including phenoxy) is 1. The van der Waals surface area contributed by atoms with Crippen LogP contribution in [-0.2, 0) is 0 Å². The highest BCUT2D eigenvalue weighted by Crippen LogP contribution is 2.18. The number of nitrogens with zero attached hydrogens (tertiary/aromatic N) is 1. The third-order valence-corrected chi connectivity index (χ3v) is 2.73. The van der Waals surface area contributed by atoms with Gasteiger partial charge in [0, 0.05) is 12.0 Å². The van der Waals surface area contributed by atoms with Crippen LogP contribution in [0.3, 0.4) is 0 Å². The summed E-state index contributed by atoms with van der Waals surface area (Å²) in [5, 5.41) is 0. The Morgan fingerprint density at radius 1 is 1.62 bits per heavy atom. The van der Waals surface area contributed by atoms with E-state index in [1.165, 1.54) is 0 Å². The van der Waals surface area contributed by atoms with E-state index in [4.69, 9.17) is 4.74 Å². The third-order valence-electron chi connectivity index (χ3n) is 1.89. The maximum atomic E-state index is 5.57. The van der Waals surface area contributed by atoms with Crippen LogP contribution in [0.2, 0.25) is 0 Å². The van der Waals surface area contributed by atoms with E-state index < -0.39 is 0 Å². The molecule has 0 radical (unpaired) electrons. The summed E-state index contributed by atoms with van der Waals surface area (Å²) in [5.41, 5.74) is 0.959. The average Bonchev–Trinajstić information content (AvgIpc) is 2.11. The summed E-state index contributed by atoms with van der Waals surface area (Å²) in [4.78, 5) is 4.29. The van der Waals surface area contributed by atoms with Crippen LogP contribution in [0.1, 0.15) is 27.4 Å². The van der Waals surface area contributed by atoms with Gasteiger partial charge >= 0.3 is 0 Å². The molecule has 1 unspecified atom stereocenters. The van der Waals surface area contributed by atoms with Crippen molar-refractivity contribution in [1.82, 2.24) is 4.98 Å². The molecule has 0 aliphatic carbocycles. The van der Waals surface area contributed by atoms with Crippen molar-refractivity contribution in [2.45, 2.75) is 33.3 Å². The van der Waals surface area contributed by atoms with Crippen molar-refractivity contribution in [2.24, 2.45) is 0 Å². The second-order valence-corrected chi connectivity index (χ2v) is 3.91. The second-order valence-electron chi connectivity index (χ2n) is 3.05. The Morgan fingerprint density at radius 3 is 2.85 bits per heavy atom. The number of halogens is 1. The minimum atomic E-state index is 0. The molecule has 0 fully saturated rings. The standard InChI is InChI=1S/C10H14BrNO.H2/c1-4-7(2)13-10-6-5-9(11)8(3)12-10;/h5-7H,4H2,1-3H3;1H/i;1+1. The van der Waals surface area contributed by atoms with Crippen molar-refractivity contribution in [3.63, 3.8) is 0 Å². The molecular formula is C10H16BrNO. The van der Waals surface area contributed by atoms with Crippen LogP contribution in [0, 0.1) is 6.92 Å². The number of aromatic nitrogens is 1. The Balaban J connectivity index is 0.00000169. The molecule has 1 aromatic heterocycles. The van der Waals surface area contributed by atoms with Crippen LogP contribution in [0.4, 0.5) is 0 Å². The fourth-order valence-electron chi connectivity index (χ4n) is 0.876. The van der Waals surface area contributed by atoms with Crippen LogP contribution in [0.15, 0.2) is 16.6 Å². The van der Waals surface area contributed by atoms with E-state index in [2.05, 4.69) is 27.8 Å². The Hall–Kier alpha value is -0.570. The minimum Gasteiger partial charge on any atom is -0.475 e. The third kappa shape index (κ3) is 2.99. The van der Waals surface area contributed by atoms with Crippen molar-refractivity contribution in [3.8, 4) is 5.88 Å². The molecule has 0 aliphatic rings. The van der Waals surface area contributed by atoms with Crippen LogP contribution < -0.4 is 4.74 Å². The lowest BCUT2D eigenvalue weighted by Gasteiger charge is -2.11. The number of pyridine rings is 1. The van der Waals surface area contributed by atoms with Gasteiger partial charge < -0.3 is 4.74 Å². The number of hydrogen-bond acceptors (Lipinski definition) is 2. The first-order valence-electron chi connectivity index (χ1n) is 4.43. The van der Waals surface area contributed by atoms with Crippen LogP contribution in [0.5, 0.6) is 5.88 Å². The highest BCUT2D eigenvalue weighted by molar-refractivity contribution is 9.10. The van der Waals surface area contributed by atoms with E-state index in [-0.39, 0.29) is 7.53 Å². The molecule has 0 amide bonds. The molecule has 0 saturated heterocycles. The predicted molar refractivity (Wildman–Crippen MR) is 59.2 cm³/mol. The van der Waals surface area contributed by atoms with E-state index in [1.54, 1.807) is 0 Å². The zero-order chi connectivity index (χ0) is 9.84. The number of aryl methyl sites for hydroxylation is 1. The summed E-state index contributed by atoms with van der Waals surface area (Å²) in [5.74, 6) is 0.704. The summed E-state index contributed by atoms with van der Waals surface area (Å²) >= 11 is 3.39. The van der Waals surface area contributed by atoms with Gasteiger partial charge in [-0.25, -0.2) is 4.98 Å². The quantitative estimate of drug-likeness (QED) is 0.814. The molecule has 0 aromatic carbocycles. The lowest BCUT2D eigenvalue weighted by atomic mass is 10.3. The van der Waals surface area contributed by atoms with Gasteiger partial charge in [0.05, 0.1) is 11.8 Å². The minimum absolute atomic E-state index is 0. The fraction of sp³-hybridized carbons (Fsp3) is 0.500. The summed E-state index contributed by atoms with van der Waals surface area (Å²) < 4.78 is 6.58. The largest absolute Gasteiger partial charge is 0.475 e. The molecule has 1 heterocycles. The SMILES string of the molecule is CCC(C)Oc1ccc(Br)c(C)n1.[2HH]. The van der Waals surface area contributed by atoms with Crippen molar-refractivity contribution in [3.05, 3.63) is 22.3 Å². The van der Waals surface area contributed by atoms with Crippen molar-refractivity contribution < 1.29 is 6.16 Å². The van der Waals surface area contributed by atoms with E-state index in [1.807, 2.05) is 26.0 Å². The zero-order valence-electron chi connectivity index (χ0n) is 8.17. The Morgan fingerprint density at radius 2 is 2.31 bits per heavy atom. The fourth-order valence-corrected chi connectivity index (χ4v) is 1.10. The molecule has 1 rings (SSSR count). The molecule has 13 heavy (non-hydrogen) atoms. The Bertz CT molecular complexity index is 293. The summed E-state index contributed by atoms with van der Waals surface area (Å²) in [6.07, 6.45) is 1.23. The van der Waals surface area contributed by atoms with E-state index in [0.717, 1.165) is 16.6 Å². The highest BCUT2D eigenvalue weighted by Gasteiger charge is 2.03. The van der Waals surface area contributed by atoms with Gasteiger partial charge in [0.1, 0.15) is 0 Å². The lowest BCUT2D eigenvalue weighted by Crippen LogP contribution is -2.10. The van der Waals surface area contributed by atoms with E-state index >= 15 is 0 Å². The molecule has 1 aromatic rings. The lowest BCUT2D eigenvalue weighted by molar-refractivity contribution is 0.208. The first-order valence-corrected chi connectivity index (χ1v) is 5.22. The van der Waals surface area contributed by atoms with Gasteiger partial charge in [-0.3, -0.25) is 0 Å². The van der Waals surface area contributed by atoms with Gasteiger partial charge in [0.15, 0.2) is 0 Å². The zero-order valence-corrected chi connectivity index (χ0v) is 9.76. The smallest absolute Gasteiger partial charge is 0.213 e. The molecule has 0 N–H and O–H groups in total. The topological polar surface area (TPSA) is 22.1 Å².